The van der Waals surface area contributed by atoms with Gasteiger partial charge in [-0.1, -0.05) is 23.7 Å². The van der Waals surface area contributed by atoms with Crippen molar-refractivity contribution >= 4 is 28.6 Å². The first kappa shape index (κ1) is 24.8. The molecule has 3 heterocycles. The Bertz CT molecular complexity index is 1390. The van der Waals surface area contributed by atoms with Crippen molar-refractivity contribution in [3.8, 4) is 11.1 Å². The van der Waals surface area contributed by atoms with Crippen LogP contribution in [0.25, 0.3) is 22.2 Å². The first-order valence-corrected chi connectivity index (χ1v) is 11.8. The summed E-state index contributed by atoms with van der Waals surface area (Å²) in [5.74, 6) is -1.06. The molecule has 1 aromatic carbocycles. The van der Waals surface area contributed by atoms with Crippen LogP contribution in [0.1, 0.15) is 55.1 Å². The summed E-state index contributed by atoms with van der Waals surface area (Å²) in [5, 5.41) is 11.7. The topological polar surface area (TPSA) is 90.1 Å². The third-order valence-corrected chi connectivity index (χ3v) is 6.26. The molecule has 0 amide bonds. The molecule has 0 spiro atoms. The molecular formula is C27H29ClN4O3. The minimum absolute atomic E-state index is 0.497. The zero-order valence-electron chi connectivity index (χ0n) is 20.8. The molecule has 0 aliphatic heterocycles. The monoisotopic (exact) mass is 492 g/mol. The van der Waals surface area contributed by atoms with Crippen LogP contribution >= 0.6 is 11.6 Å². The summed E-state index contributed by atoms with van der Waals surface area (Å²) in [6.45, 7) is 11.9. The molecule has 0 unspecified atom stereocenters. The van der Waals surface area contributed by atoms with Crippen LogP contribution in [0.5, 0.6) is 0 Å². The minimum atomic E-state index is -1.19. The lowest BCUT2D eigenvalue weighted by molar-refractivity contribution is -0.160. The Morgan fingerprint density at radius 3 is 2.40 bits per heavy atom. The van der Waals surface area contributed by atoms with Gasteiger partial charge in [0.1, 0.15) is 5.65 Å². The quantitative estimate of drug-likeness (QED) is 0.351. The Kier molecular flexibility index (Phi) is 6.66. The van der Waals surface area contributed by atoms with Crippen molar-refractivity contribution in [1.29, 1.82) is 0 Å². The molecule has 3 aromatic heterocycles. The summed E-state index contributed by atoms with van der Waals surface area (Å²) in [6, 6.07) is 7.43. The Balaban J connectivity index is 2.08. The van der Waals surface area contributed by atoms with E-state index in [4.69, 9.17) is 21.3 Å². The second-order valence-corrected chi connectivity index (χ2v) is 10.1. The van der Waals surface area contributed by atoms with Gasteiger partial charge in [0.15, 0.2) is 6.10 Å². The largest absolute Gasteiger partial charge is 0.479 e. The number of nitrogens with zero attached hydrogens (tertiary/aromatic N) is 4. The second-order valence-electron chi connectivity index (χ2n) is 9.63. The van der Waals surface area contributed by atoms with Crippen LogP contribution in [0.3, 0.4) is 0 Å². The molecular weight excluding hydrogens is 464 g/mol. The number of pyridine rings is 1. The molecule has 0 aliphatic rings. The van der Waals surface area contributed by atoms with Crippen LogP contribution in [0, 0.1) is 20.8 Å². The number of benzene rings is 1. The van der Waals surface area contributed by atoms with Crippen molar-refractivity contribution in [2.24, 2.45) is 0 Å². The summed E-state index contributed by atoms with van der Waals surface area (Å²) in [5.41, 5.74) is 5.71. The number of aryl methyl sites for hydroxylation is 2. The van der Waals surface area contributed by atoms with Crippen molar-refractivity contribution in [2.45, 2.75) is 59.8 Å². The van der Waals surface area contributed by atoms with Gasteiger partial charge >= 0.3 is 5.97 Å². The predicted molar refractivity (Wildman–Crippen MR) is 137 cm³/mol. The molecule has 0 fully saturated rings. The molecule has 0 bridgehead atoms. The number of carbonyl (C=O) groups is 1. The molecule has 4 aromatic rings. The van der Waals surface area contributed by atoms with Gasteiger partial charge in [-0.2, -0.15) is 0 Å². The molecule has 182 valence electrons. The van der Waals surface area contributed by atoms with Crippen LogP contribution in [0.2, 0.25) is 5.02 Å². The Labute approximate surface area is 209 Å². The summed E-state index contributed by atoms with van der Waals surface area (Å²) >= 11 is 6.19. The number of carboxylic acid groups (broad SMARTS) is 1. The Morgan fingerprint density at radius 1 is 1.14 bits per heavy atom. The van der Waals surface area contributed by atoms with E-state index >= 15 is 0 Å². The first-order chi connectivity index (χ1) is 16.5. The van der Waals surface area contributed by atoms with Gasteiger partial charge < -0.3 is 14.4 Å². The highest BCUT2D eigenvalue weighted by atomic mass is 35.5. The second kappa shape index (κ2) is 9.40. The maximum Gasteiger partial charge on any atom is 0.337 e. The van der Waals surface area contributed by atoms with Crippen molar-refractivity contribution < 1.29 is 14.6 Å². The number of hydrogen-bond donors (Lipinski definition) is 1. The highest BCUT2D eigenvalue weighted by Crippen LogP contribution is 2.42. The average molecular weight is 493 g/mol. The number of hydrogen-bond acceptors (Lipinski definition) is 5. The van der Waals surface area contributed by atoms with E-state index in [-0.39, 0.29) is 0 Å². The minimum Gasteiger partial charge on any atom is -0.479 e. The lowest BCUT2D eigenvalue weighted by Gasteiger charge is -2.28. The molecule has 0 radical (unpaired) electrons. The highest BCUT2D eigenvalue weighted by molar-refractivity contribution is 6.30. The van der Waals surface area contributed by atoms with Crippen LogP contribution in [-0.2, 0) is 16.1 Å². The average Bonchev–Trinajstić information content (AvgIpc) is 3.02. The number of carboxylic acids is 1. The van der Waals surface area contributed by atoms with Gasteiger partial charge in [0.2, 0.25) is 0 Å². The third-order valence-electron chi connectivity index (χ3n) is 6.01. The van der Waals surface area contributed by atoms with E-state index in [1.807, 2.05) is 53.7 Å². The molecule has 0 saturated heterocycles. The fraction of sp³-hybridized carbons (Fsp3) is 0.333. The molecule has 8 heteroatoms. The lowest BCUT2D eigenvalue weighted by atomic mass is 9.91. The number of halogens is 1. The van der Waals surface area contributed by atoms with Gasteiger partial charge in [-0.25, -0.2) is 9.78 Å². The maximum atomic E-state index is 12.5. The van der Waals surface area contributed by atoms with Crippen molar-refractivity contribution in [3.05, 3.63) is 76.1 Å². The Hall–Kier alpha value is -3.29. The van der Waals surface area contributed by atoms with E-state index in [2.05, 4.69) is 14.5 Å². The summed E-state index contributed by atoms with van der Waals surface area (Å²) < 4.78 is 8.19. The highest BCUT2D eigenvalue weighted by Gasteiger charge is 2.33. The van der Waals surface area contributed by atoms with Crippen LogP contribution in [-0.4, -0.2) is 36.2 Å². The van der Waals surface area contributed by atoms with E-state index in [1.165, 1.54) is 0 Å². The van der Waals surface area contributed by atoms with Gasteiger partial charge in [-0.05, 0) is 64.8 Å². The number of aliphatic carboxylic acids is 1. The molecule has 1 N–H and O–H groups in total. The lowest BCUT2D eigenvalue weighted by Crippen LogP contribution is -2.28. The molecule has 7 nitrogen and oxygen atoms in total. The fourth-order valence-corrected chi connectivity index (χ4v) is 4.51. The van der Waals surface area contributed by atoms with Gasteiger partial charge in [0.05, 0.1) is 24.0 Å². The van der Waals surface area contributed by atoms with Crippen LogP contribution < -0.4 is 0 Å². The first-order valence-electron chi connectivity index (χ1n) is 11.4. The number of rotatable bonds is 6. The van der Waals surface area contributed by atoms with Gasteiger partial charge in [0.25, 0.3) is 0 Å². The molecule has 0 aliphatic carbocycles. The third kappa shape index (κ3) is 4.92. The molecule has 4 rings (SSSR count). The molecule has 1 atom stereocenters. The van der Waals surface area contributed by atoms with Crippen molar-refractivity contribution in [1.82, 2.24) is 19.5 Å². The number of fused-ring (bicyclic) bond motifs is 1. The van der Waals surface area contributed by atoms with Gasteiger partial charge in [-0.15, -0.1) is 0 Å². The van der Waals surface area contributed by atoms with Gasteiger partial charge in [0, 0.05) is 45.3 Å². The zero-order chi connectivity index (χ0) is 25.5. The van der Waals surface area contributed by atoms with E-state index < -0.39 is 17.7 Å². The Morgan fingerprint density at radius 2 is 1.83 bits per heavy atom. The van der Waals surface area contributed by atoms with E-state index in [9.17, 15) is 9.90 Å². The predicted octanol–water partition coefficient (Wildman–Crippen LogP) is 6.06. The molecule has 35 heavy (non-hydrogen) atoms. The van der Waals surface area contributed by atoms with Crippen LogP contribution in [0.4, 0.5) is 0 Å². The van der Waals surface area contributed by atoms with Gasteiger partial charge in [-0.3, -0.25) is 9.97 Å². The smallest absolute Gasteiger partial charge is 0.337 e. The standard InChI is InChI=1S/C27H29ClN4O3/c1-15-17(3)32(14-20-13-29-11-12-30-20)25-21(15)23(18-7-9-19(28)10-8-18)22(16(2)31-25)24(26(33)34)35-27(4,5)6/h7-13,24H,14H2,1-6H3,(H,33,34)/t24-/m0/s1. The number of ether oxygens (including phenoxy) is 1. The van der Waals surface area contributed by atoms with E-state index in [0.29, 0.717) is 22.8 Å². The van der Waals surface area contributed by atoms with E-state index in [1.54, 1.807) is 30.7 Å². The molecule has 0 saturated carbocycles. The summed E-state index contributed by atoms with van der Waals surface area (Å²) in [7, 11) is 0. The van der Waals surface area contributed by atoms with E-state index in [0.717, 1.165) is 39.1 Å². The summed E-state index contributed by atoms with van der Waals surface area (Å²) in [4.78, 5) is 26.1. The normalized spacial score (nSPS) is 12.8. The van der Waals surface area contributed by atoms with Crippen molar-refractivity contribution in [3.63, 3.8) is 0 Å². The zero-order valence-corrected chi connectivity index (χ0v) is 21.5. The maximum absolute atomic E-state index is 12.5. The van der Waals surface area contributed by atoms with Crippen LogP contribution in [0.15, 0.2) is 42.9 Å². The van der Waals surface area contributed by atoms with Crippen molar-refractivity contribution in [2.75, 3.05) is 0 Å². The summed E-state index contributed by atoms with van der Waals surface area (Å²) in [6.07, 6.45) is 3.85. The fourth-order valence-electron chi connectivity index (χ4n) is 4.39. The SMILES string of the molecule is Cc1nc2c(c(C)c(C)n2Cc2cnccn2)c(-c2ccc(Cl)cc2)c1[C@H](OC(C)(C)C)C(=O)O. The number of aromatic nitrogens is 4.